The van der Waals surface area contributed by atoms with Crippen LogP contribution >= 0.6 is 11.3 Å². The third-order valence-electron chi connectivity index (χ3n) is 5.20. The summed E-state index contributed by atoms with van der Waals surface area (Å²) in [7, 11) is 0. The van der Waals surface area contributed by atoms with Crippen LogP contribution in [0.1, 0.15) is 70.7 Å². The van der Waals surface area contributed by atoms with Crippen molar-refractivity contribution < 1.29 is 0 Å². The summed E-state index contributed by atoms with van der Waals surface area (Å²) in [4.78, 5) is 4.68. The molecule has 2 saturated carbocycles. The molecular formula is C17H28N2S. The molecule has 1 heterocycles. The van der Waals surface area contributed by atoms with Crippen LogP contribution in [0.2, 0.25) is 0 Å². The second-order valence-electron chi connectivity index (χ2n) is 7.83. The molecule has 3 heteroatoms. The SMILES string of the molecule is CC(C)(C)C1CCCC(NC2CC2)(c2nccs2)CC1. The fourth-order valence-corrected chi connectivity index (χ4v) is 4.57. The third kappa shape index (κ3) is 3.09. The first-order valence-corrected chi connectivity index (χ1v) is 9.05. The lowest BCUT2D eigenvalue weighted by Gasteiger charge is -2.34. The van der Waals surface area contributed by atoms with Gasteiger partial charge in [0.1, 0.15) is 5.01 Å². The molecule has 1 N–H and O–H groups in total. The highest BCUT2D eigenvalue weighted by Gasteiger charge is 2.42. The Balaban J connectivity index is 1.80. The summed E-state index contributed by atoms with van der Waals surface area (Å²) in [6.45, 7) is 7.22. The Bertz CT molecular complexity index is 430. The molecule has 1 aromatic rings. The molecule has 2 fully saturated rings. The Hall–Kier alpha value is -0.410. The van der Waals surface area contributed by atoms with Crippen LogP contribution in [0.3, 0.4) is 0 Å². The van der Waals surface area contributed by atoms with E-state index in [-0.39, 0.29) is 5.54 Å². The average molecular weight is 292 g/mol. The van der Waals surface area contributed by atoms with Crippen molar-refractivity contribution >= 4 is 11.3 Å². The third-order valence-corrected chi connectivity index (χ3v) is 6.18. The van der Waals surface area contributed by atoms with Crippen LogP contribution in [-0.2, 0) is 5.54 Å². The van der Waals surface area contributed by atoms with Gasteiger partial charge in [-0.15, -0.1) is 11.3 Å². The van der Waals surface area contributed by atoms with Crippen LogP contribution in [0.15, 0.2) is 11.6 Å². The first-order valence-electron chi connectivity index (χ1n) is 8.17. The van der Waals surface area contributed by atoms with Crippen LogP contribution in [0, 0.1) is 11.3 Å². The molecule has 2 aliphatic rings. The van der Waals surface area contributed by atoms with Gasteiger partial charge in [0.05, 0.1) is 5.54 Å². The van der Waals surface area contributed by atoms with Crippen molar-refractivity contribution in [2.75, 3.05) is 0 Å². The minimum atomic E-state index is 0.176. The van der Waals surface area contributed by atoms with Gasteiger partial charge in [-0.3, -0.25) is 0 Å². The number of aromatic nitrogens is 1. The van der Waals surface area contributed by atoms with E-state index in [1.807, 2.05) is 17.5 Å². The highest BCUT2D eigenvalue weighted by atomic mass is 32.1. The molecule has 0 saturated heterocycles. The van der Waals surface area contributed by atoms with Gasteiger partial charge in [0.15, 0.2) is 0 Å². The maximum absolute atomic E-state index is 4.68. The van der Waals surface area contributed by atoms with E-state index in [0.717, 1.165) is 12.0 Å². The Morgan fingerprint density at radius 3 is 2.60 bits per heavy atom. The number of hydrogen-bond acceptors (Lipinski definition) is 3. The van der Waals surface area contributed by atoms with Gasteiger partial charge in [0.2, 0.25) is 0 Å². The van der Waals surface area contributed by atoms with E-state index in [1.165, 1.54) is 50.0 Å². The molecule has 2 atom stereocenters. The molecule has 0 amide bonds. The van der Waals surface area contributed by atoms with Crippen LogP contribution < -0.4 is 5.32 Å². The smallest absolute Gasteiger partial charge is 0.113 e. The minimum Gasteiger partial charge on any atom is -0.303 e. The van der Waals surface area contributed by atoms with Gasteiger partial charge in [0.25, 0.3) is 0 Å². The van der Waals surface area contributed by atoms with Gasteiger partial charge in [0, 0.05) is 17.6 Å². The molecule has 2 unspecified atom stereocenters. The minimum absolute atomic E-state index is 0.176. The van der Waals surface area contributed by atoms with Crippen LogP contribution in [0.5, 0.6) is 0 Å². The van der Waals surface area contributed by atoms with Crippen molar-refractivity contribution in [3.63, 3.8) is 0 Å². The molecule has 0 radical (unpaired) electrons. The van der Waals surface area contributed by atoms with Gasteiger partial charge in [-0.25, -0.2) is 4.98 Å². The lowest BCUT2D eigenvalue weighted by molar-refractivity contribution is 0.205. The van der Waals surface area contributed by atoms with Gasteiger partial charge in [-0.1, -0.05) is 27.2 Å². The molecule has 20 heavy (non-hydrogen) atoms. The zero-order chi connectivity index (χ0) is 14.2. The Labute approximate surface area is 127 Å². The fraction of sp³-hybridized carbons (Fsp3) is 0.824. The van der Waals surface area contributed by atoms with E-state index in [4.69, 9.17) is 0 Å². The summed E-state index contributed by atoms with van der Waals surface area (Å²) < 4.78 is 0. The van der Waals surface area contributed by atoms with Crippen molar-refractivity contribution in [3.05, 3.63) is 16.6 Å². The zero-order valence-corrected chi connectivity index (χ0v) is 13.9. The first-order chi connectivity index (χ1) is 9.50. The number of rotatable bonds is 3. The highest BCUT2D eigenvalue weighted by Crippen LogP contribution is 2.45. The van der Waals surface area contributed by atoms with Crippen molar-refractivity contribution in [1.82, 2.24) is 10.3 Å². The topological polar surface area (TPSA) is 24.9 Å². The Morgan fingerprint density at radius 1 is 1.20 bits per heavy atom. The van der Waals surface area contributed by atoms with Crippen LogP contribution in [0.25, 0.3) is 0 Å². The number of nitrogens with zero attached hydrogens (tertiary/aromatic N) is 1. The fourth-order valence-electron chi connectivity index (χ4n) is 3.70. The van der Waals surface area contributed by atoms with Crippen molar-refractivity contribution in [2.45, 2.75) is 77.3 Å². The lowest BCUT2D eigenvalue weighted by atomic mass is 9.76. The van der Waals surface area contributed by atoms with E-state index in [0.29, 0.717) is 5.41 Å². The second-order valence-corrected chi connectivity index (χ2v) is 8.73. The van der Waals surface area contributed by atoms with Crippen molar-refractivity contribution in [3.8, 4) is 0 Å². The van der Waals surface area contributed by atoms with E-state index in [1.54, 1.807) is 0 Å². The van der Waals surface area contributed by atoms with Crippen LogP contribution in [-0.4, -0.2) is 11.0 Å². The second kappa shape index (κ2) is 5.42. The molecule has 2 nitrogen and oxygen atoms in total. The maximum atomic E-state index is 4.68. The first kappa shape index (κ1) is 14.5. The molecule has 112 valence electrons. The van der Waals surface area contributed by atoms with Gasteiger partial charge < -0.3 is 5.32 Å². The quantitative estimate of drug-likeness (QED) is 0.816. The van der Waals surface area contributed by atoms with Gasteiger partial charge in [-0.2, -0.15) is 0 Å². The number of nitrogens with one attached hydrogen (secondary N) is 1. The molecule has 0 bridgehead atoms. The van der Waals surface area contributed by atoms with E-state index in [9.17, 15) is 0 Å². The van der Waals surface area contributed by atoms with E-state index in [2.05, 4.69) is 36.5 Å². The molecule has 3 rings (SSSR count). The highest BCUT2D eigenvalue weighted by molar-refractivity contribution is 7.09. The average Bonchev–Trinajstić information content (AvgIpc) is 3.07. The van der Waals surface area contributed by atoms with Crippen molar-refractivity contribution in [1.29, 1.82) is 0 Å². The monoisotopic (exact) mass is 292 g/mol. The molecule has 0 spiro atoms. The number of thiazole rings is 1. The summed E-state index contributed by atoms with van der Waals surface area (Å²) in [6.07, 6.45) is 11.3. The predicted molar refractivity (Wildman–Crippen MR) is 86.0 cm³/mol. The molecule has 0 aliphatic heterocycles. The summed E-state index contributed by atoms with van der Waals surface area (Å²) >= 11 is 1.84. The summed E-state index contributed by atoms with van der Waals surface area (Å²) in [6, 6.07) is 0.755. The van der Waals surface area contributed by atoms with Gasteiger partial charge in [-0.05, 0) is 49.9 Å². The van der Waals surface area contributed by atoms with Crippen molar-refractivity contribution in [2.24, 2.45) is 11.3 Å². The predicted octanol–water partition coefficient (Wildman–Crippen LogP) is 4.72. The Kier molecular flexibility index (Phi) is 3.93. The van der Waals surface area contributed by atoms with Gasteiger partial charge >= 0.3 is 0 Å². The molecule has 1 aromatic heterocycles. The normalized spacial score (nSPS) is 32.0. The molecule has 2 aliphatic carbocycles. The standard InChI is InChI=1S/C17H28N2S/c1-16(2,3)13-5-4-9-17(10-8-13,19-14-6-7-14)15-18-11-12-20-15/h11-14,19H,4-10H2,1-3H3. The summed E-state index contributed by atoms with van der Waals surface area (Å²) in [5.41, 5.74) is 0.619. The number of hydrogen-bond donors (Lipinski definition) is 1. The van der Waals surface area contributed by atoms with E-state index >= 15 is 0 Å². The maximum Gasteiger partial charge on any atom is 0.113 e. The molecular weight excluding hydrogens is 264 g/mol. The lowest BCUT2D eigenvalue weighted by Crippen LogP contribution is -2.43. The summed E-state index contributed by atoms with van der Waals surface area (Å²) in [5.74, 6) is 0.852. The largest absolute Gasteiger partial charge is 0.303 e. The Morgan fingerprint density at radius 2 is 2.00 bits per heavy atom. The molecule has 0 aromatic carbocycles. The van der Waals surface area contributed by atoms with E-state index < -0.39 is 0 Å². The zero-order valence-electron chi connectivity index (χ0n) is 13.1. The summed E-state index contributed by atoms with van der Waals surface area (Å²) in [5, 5.41) is 7.44. The van der Waals surface area contributed by atoms with Crippen LogP contribution in [0.4, 0.5) is 0 Å².